The van der Waals surface area contributed by atoms with E-state index < -0.39 is 0 Å². The Morgan fingerprint density at radius 3 is 2.48 bits per heavy atom. The molecule has 4 N–H and O–H groups in total. The maximum Gasteiger partial charge on any atom is 0.191 e. The van der Waals surface area contributed by atoms with E-state index in [2.05, 4.69) is 70.0 Å². The second kappa shape index (κ2) is 14.8. The summed E-state index contributed by atoms with van der Waals surface area (Å²) >= 11 is 0.759. The van der Waals surface area contributed by atoms with Gasteiger partial charge in [-0.2, -0.15) is 0 Å². The van der Waals surface area contributed by atoms with Crippen LogP contribution in [-0.4, -0.2) is 59.9 Å². The third kappa shape index (κ3) is 8.45. The number of hydrogen-bond donors (Lipinski definition) is 3. The number of aryl methyl sites for hydroxylation is 2. The van der Waals surface area contributed by atoms with Crippen LogP contribution in [0.4, 0.5) is 0 Å². The number of Topliss-reactive ketones (excluding diaryl/α,β-unsaturated/α-hetero) is 1. The van der Waals surface area contributed by atoms with Crippen molar-refractivity contribution in [2.45, 2.75) is 105 Å². The molecule has 4 rings (SSSR count). The van der Waals surface area contributed by atoms with Crippen molar-refractivity contribution in [3.05, 3.63) is 69.0 Å². The molecule has 8 heteroatoms. The summed E-state index contributed by atoms with van der Waals surface area (Å²) in [6.07, 6.45) is 12.0. The number of nitrogens with one attached hydrogen (secondary N) is 1. The Bertz CT molecular complexity index is 1290. The van der Waals surface area contributed by atoms with Crippen LogP contribution in [0.25, 0.3) is 0 Å². The highest BCUT2D eigenvalue weighted by atomic mass is 32.2. The molecule has 0 radical (unpaired) electrons. The monoisotopic (exact) mass is 622 g/mol. The summed E-state index contributed by atoms with van der Waals surface area (Å²) < 4.78 is 16.4. The molecule has 0 heterocycles. The first kappa shape index (κ1) is 34.5. The Morgan fingerprint density at radius 2 is 1.93 bits per heavy atom. The molecule has 0 aliphatic heterocycles. The number of benzene rings is 1. The number of aliphatic imine (C=N–C) groups is 1. The number of hydrogen-bond acceptors (Lipinski definition) is 8. The molecule has 242 valence electrons. The number of nitrogens with two attached hydrogens (primary N) is 1. The number of allylic oxidation sites excluding steroid dienone is 4. The fraction of sp³-hybridized carbons (Fsp3) is 0.611. The molecule has 0 amide bonds. The van der Waals surface area contributed by atoms with Crippen LogP contribution in [0.1, 0.15) is 95.8 Å². The Hall–Kier alpha value is -2.39. The second-order valence-corrected chi connectivity index (χ2v) is 14.9. The minimum Gasteiger partial charge on any atom is -0.477 e. The van der Waals surface area contributed by atoms with Gasteiger partial charge in [0.2, 0.25) is 0 Å². The summed E-state index contributed by atoms with van der Waals surface area (Å²) in [5, 5.41) is 3.35. The minimum atomic E-state index is 0.0442. The summed E-state index contributed by atoms with van der Waals surface area (Å²) in [6, 6.07) is 6.71. The van der Waals surface area contributed by atoms with E-state index in [0.717, 1.165) is 83.4 Å². The van der Waals surface area contributed by atoms with E-state index >= 15 is 0 Å². The van der Waals surface area contributed by atoms with Gasteiger partial charge in [0, 0.05) is 52.8 Å². The highest BCUT2D eigenvalue weighted by Crippen LogP contribution is 2.62. The topological polar surface area (TPSA) is 100 Å². The zero-order valence-corrected chi connectivity index (χ0v) is 28.8. The van der Waals surface area contributed by atoms with Crippen LogP contribution in [0.2, 0.25) is 0 Å². The lowest BCUT2D eigenvalue weighted by Crippen LogP contribution is -2.54. The lowest BCUT2D eigenvalue weighted by molar-refractivity contribution is -0.120. The van der Waals surface area contributed by atoms with Crippen LogP contribution in [0, 0.1) is 24.7 Å². The molecule has 3 aliphatic carbocycles. The molecule has 2 fully saturated rings. The van der Waals surface area contributed by atoms with Crippen molar-refractivity contribution in [1.29, 1.82) is 0 Å². The fourth-order valence-corrected chi connectivity index (χ4v) is 7.41. The Morgan fingerprint density at radius 1 is 1.25 bits per heavy atom. The van der Waals surface area contributed by atoms with Crippen LogP contribution >= 0.6 is 12.0 Å². The lowest BCUT2D eigenvalue weighted by atomic mass is 9.74. The Kier molecular flexibility index (Phi) is 11.6. The Balaban J connectivity index is 1.65. The average molecular weight is 623 g/mol. The molecular weight excluding hydrogens is 568 g/mol. The van der Waals surface area contributed by atoms with Gasteiger partial charge in [0.15, 0.2) is 11.7 Å². The molecule has 1 aromatic rings. The molecule has 1 atom stereocenters. The third-order valence-corrected chi connectivity index (χ3v) is 10.0. The van der Waals surface area contributed by atoms with Gasteiger partial charge >= 0.3 is 0 Å². The van der Waals surface area contributed by atoms with Crippen molar-refractivity contribution in [2.24, 2.45) is 21.6 Å². The predicted octanol–water partition coefficient (Wildman–Crippen LogP) is 7.30. The largest absolute Gasteiger partial charge is 0.477 e. The van der Waals surface area contributed by atoms with Crippen molar-refractivity contribution in [2.75, 3.05) is 26.9 Å². The van der Waals surface area contributed by atoms with Gasteiger partial charge in [-0.25, -0.2) is 0 Å². The quantitative estimate of drug-likeness (QED) is 0.107. The number of carbonyl (C=O) groups is 1. The van der Waals surface area contributed by atoms with Gasteiger partial charge < -0.3 is 20.3 Å². The van der Waals surface area contributed by atoms with E-state index in [1.54, 1.807) is 0 Å². The van der Waals surface area contributed by atoms with Crippen LogP contribution in [0.15, 0.2) is 57.3 Å². The molecule has 44 heavy (non-hydrogen) atoms. The van der Waals surface area contributed by atoms with Gasteiger partial charge in [-0.15, -0.1) is 0 Å². The molecule has 1 spiro atoms. The highest BCUT2D eigenvalue weighted by Gasteiger charge is 2.55. The normalized spacial score (nSPS) is 19.6. The summed E-state index contributed by atoms with van der Waals surface area (Å²) in [7, 11) is 1.90. The van der Waals surface area contributed by atoms with Crippen molar-refractivity contribution in [1.82, 2.24) is 10.2 Å². The molecule has 0 bridgehead atoms. The van der Waals surface area contributed by atoms with Crippen LogP contribution in [-0.2, 0) is 9.53 Å². The van der Waals surface area contributed by atoms with E-state index in [9.17, 15) is 9.35 Å². The van der Waals surface area contributed by atoms with Crippen LogP contribution < -0.4 is 11.1 Å². The van der Waals surface area contributed by atoms with Crippen molar-refractivity contribution in [3.8, 4) is 0 Å². The van der Waals surface area contributed by atoms with E-state index in [1.807, 2.05) is 19.2 Å². The van der Waals surface area contributed by atoms with Gasteiger partial charge in [0.1, 0.15) is 6.61 Å². The summed E-state index contributed by atoms with van der Waals surface area (Å²) in [5.74, 6) is 0.834. The zero-order chi connectivity index (χ0) is 32.1. The van der Waals surface area contributed by atoms with Gasteiger partial charge in [-0.05, 0) is 93.2 Å². The number of rotatable bonds is 15. The summed E-state index contributed by atoms with van der Waals surface area (Å²) in [5.41, 5.74) is 12.6. The summed E-state index contributed by atoms with van der Waals surface area (Å²) in [4.78, 5) is 21.8. The fourth-order valence-electron chi connectivity index (χ4n) is 7.02. The predicted molar refractivity (Wildman–Crippen MR) is 184 cm³/mol. The van der Waals surface area contributed by atoms with E-state index in [0.29, 0.717) is 36.1 Å². The average Bonchev–Trinajstić information content (AvgIpc) is 3.77. The first-order chi connectivity index (χ1) is 20.9. The molecule has 1 aromatic carbocycles. The van der Waals surface area contributed by atoms with Gasteiger partial charge in [-0.1, -0.05) is 52.0 Å². The number of carbonyl (C=O) groups excluding carboxylic acids is 1. The smallest absolute Gasteiger partial charge is 0.191 e. The zero-order valence-electron chi connectivity index (χ0n) is 28.0. The SMILES string of the molecule is CCC(/C(=N\CN)c1c(C)cccc1C)=C(/NC)OC[C@@H](CC(C)(C)C)N(CC(=O)C1=CCCC(SO)=C1)C1CC2(CC2)C1. The lowest BCUT2D eigenvalue weighted by Gasteiger charge is -2.48. The summed E-state index contributed by atoms with van der Waals surface area (Å²) in [6.45, 7) is 14.2. The van der Waals surface area contributed by atoms with E-state index in [1.165, 1.54) is 12.8 Å². The standard InChI is InChI=1S/C36H54N4O3S/c1-8-30(33(39-23-37)32-24(2)11-9-12-25(32)3)34(38-7)43-22-28(18-35(4,5)6)40(27-19-36(20-27)15-16-36)21-31(41)26-13-10-14-29(17-26)44-42/h9,11-13,17,27-28,38,42H,8,10,14-16,18-23,37H2,1-7H3/b34-30+,39-33+/t28-/m1/s1. The Labute approximate surface area is 269 Å². The van der Waals surface area contributed by atoms with Crippen LogP contribution in [0.3, 0.4) is 0 Å². The molecular formula is C36H54N4O3S. The highest BCUT2D eigenvalue weighted by molar-refractivity contribution is 7.97. The van der Waals surface area contributed by atoms with Crippen molar-refractivity contribution >= 4 is 23.5 Å². The van der Waals surface area contributed by atoms with Crippen molar-refractivity contribution in [3.63, 3.8) is 0 Å². The van der Waals surface area contributed by atoms with E-state index in [4.69, 9.17) is 15.5 Å². The van der Waals surface area contributed by atoms with Crippen LogP contribution in [0.5, 0.6) is 0 Å². The number of nitrogens with zero attached hydrogens (tertiary/aromatic N) is 2. The second-order valence-electron chi connectivity index (χ2n) is 14.2. The molecule has 0 aromatic heterocycles. The number of ketones is 1. The van der Waals surface area contributed by atoms with E-state index in [-0.39, 0.29) is 23.9 Å². The first-order valence-electron chi connectivity index (χ1n) is 16.3. The third-order valence-electron chi connectivity index (χ3n) is 9.45. The molecule has 3 aliphatic rings. The minimum absolute atomic E-state index is 0.0442. The maximum absolute atomic E-state index is 13.8. The molecule has 0 saturated heterocycles. The maximum atomic E-state index is 13.8. The van der Waals surface area contributed by atoms with Gasteiger partial charge in [-0.3, -0.25) is 14.7 Å². The first-order valence-corrected chi connectivity index (χ1v) is 17.1. The molecule has 2 saturated carbocycles. The molecule has 7 nitrogen and oxygen atoms in total. The van der Waals surface area contributed by atoms with Gasteiger partial charge in [0.25, 0.3) is 0 Å². The van der Waals surface area contributed by atoms with Crippen molar-refractivity contribution < 1.29 is 14.1 Å². The van der Waals surface area contributed by atoms with Gasteiger partial charge in [0.05, 0.1) is 18.9 Å². The molecule has 0 unspecified atom stereocenters. The number of ether oxygens (including phenoxy) is 1.